The van der Waals surface area contributed by atoms with Crippen LogP contribution in [0.3, 0.4) is 0 Å². The minimum absolute atomic E-state index is 0.0458. The van der Waals surface area contributed by atoms with Gasteiger partial charge in [-0.25, -0.2) is 0 Å². The lowest BCUT2D eigenvalue weighted by Gasteiger charge is -2.20. The maximum atomic E-state index is 12.9. The van der Waals surface area contributed by atoms with Crippen molar-refractivity contribution in [1.29, 1.82) is 0 Å². The number of hydrogen-bond acceptors (Lipinski definition) is 4. The van der Waals surface area contributed by atoms with Crippen LogP contribution in [0.4, 0.5) is 0 Å². The van der Waals surface area contributed by atoms with Gasteiger partial charge < -0.3 is 14.2 Å². The number of ketones is 1. The van der Waals surface area contributed by atoms with E-state index in [1.807, 2.05) is 48.5 Å². The molecule has 2 aromatic carbocycles. The highest BCUT2D eigenvalue weighted by molar-refractivity contribution is 6.07. The number of methoxy groups -OCH3 is 1. The molecule has 122 valence electrons. The second-order valence-corrected chi connectivity index (χ2v) is 6.68. The van der Waals surface area contributed by atoms with Gasteiger partial charge in [-0.05, 0) is 24.5 Å². The third kappa shape index (κ3) is 1.90. The van der Waals surface area contributed by atoms with E-state index in [0.29, 0.717) is 0 Å². The predicted molar refractivity (Wildman–Crippen MR) is 87.3 cm³/mol. The number of Topliss-reactive ketones (excluding diaryl/α,β-unsaturated/α-hetero) is 1. The van der Waals surface area contributed by atoms with Crippen molar-refractivity contribution >= 4 is 5.78 Å². The summed E-state index contributed by atoms with van der Waals surface area (Å²) in [6.45, 7) is 0. The summed E-state index contributed by atoms with van der Waals surface area (Å²) in [5.41, 5.74) is 2.29. The lowest BCUT2D eigenvalue weighted by atomic mass is 9.79. The second kappa shape index (κ2) is 4.91. The van der Waals surface area contributed by atoms with Crippen molar-refractivity contribution in [3.8, 4) is 5.75 Å². The van der Waals surface area contributed by atoms with Gasteiger partial charge in [-0.1, -0.05) is 42.5 Å². The van der Waals surface area contributed by atoms with E-state index < -0.39 is 5.60 Å². The Morgan fingerprint density at radius 2 is 1.92 bits per heavy atom. The number of ether oxygens (including phenoxy) is 3. The quantitative estimate of drug-likeness (QED) is 0.815. The van der Waals surface area contributed by atoms with Crippen LogP contribution in [0, 0.1) is 0 Å². The van der Waals surface area contributed by atoms with E-state index in [-0.39, 0.29) is 24.1 Å². The summed E-state index contributed by atoms with van der Waals surface area (Å²) in [6.07, 6.45) is 1.37. The molecule has 0 bridgehead atoms. The average molecular weight is 322 g/mol. The van der Waals surface area contributed by atoms with Crippen LogP contribution in [0.5, 0.6) is 5.75 Å². The van der Waals surface area contributed by atoms with Gasteiger partial charge in [-0.3, -0.25) is 4.79 Å². The minimum atomic E-state index is -0.671. The van der Waals surface area contributed by atoms with Crippen LogP contribution in [-0.2, 0) is 15.9 Å². The third-order valence-electron chi connectivity index (χ3n) is 5.42. The molecule has 3 aliphatic rings. The zero-order valence-electron chi connectivity index (χ0n) is 13.4. The smallest absolute Gasteiger partial charge is 0.197 e. The van der Waals surface area contributed by atoms with Crippen LogP contribution in [0.1, 0.15) is 34.0 Å². The van der Waals surface area contributed by atoms with Crippen molar-refractivity contribution in [3.05, 3.63) is 65.2 Å². The molecule has 0 radical (unpaired) electrons. The first-order valence-electron chi connectivity index (χ1n) is 8.33. The number of carbonyl (C=O) groups is 1. The number of rotatable bonds is 3. The molecule has 1 spiro atoms. The third-order valence-corrected chi connectivity index (χ3v) is 5.42. The standard InChI is InChI=1S/C20H18O4/c1-22-15-9-5-4-8-14(15)16-17(23-16)19-20(24-19)11-10-12-6-2-3-7-13(12)18(20)21/h2-9,16-17,19H,10-11H2,1H3/t16-,17+,19-,20-/m0/s1. The molecule has 0 N–H and O–H groups in total. The van der Waals surface area contributed by atoms with Crippen LogP contribution >= 0.6 is 0 Å². The van der Waals surface area contributed by atoms with Gasteiger partial charge in [-0.2, -0.15) is 0 Å². The highest BCUT2D eigenvalue weighted by atomic mass is 16.7. The highest BCUT2D eigenvalue weighted by Gasteiger charge is 2.71. The Morgan fingerprint density at radius 3 is 2.79 bits per heavy atom. The number of para-hydroxylation sites is 1. The number of fused-ring (bicyclic) bond motifs is 1. The topological polar surface area (TPSA) is 51.4 Å². The molecule has 0 amide bonds. The zero-order valence-corrected chi connectivity index (χ0v) is 13.4. The molecule has 2 saturated heterocycles. The van der Waals surface area contributed by atoms with Crippen molar-refractivity contribution < 1.29 is 19.0 Å². The fourth-order valence-corrected chi connectivity index (χ4v) is 4.04. The lowest BCUT2D eigenvalue weighted by Crippen LogP contribution is -2.34. The first-order valence-corrected chi connectivity index (χ1v) is 8.33. The molecule has 2 aliphatic heterocycles. The van der Waals surface area contributed by atoms with Gasteiger partial charge in [0.2, 0.25) is 0 Å². The average Bonchev–Trinajstić information content (AvgIpc) is 3.53. The maximum Gasteiger partial charge on any atom is 0.197 e. The largest absolute Gasteiger partial charge is 0.496 e. The van der Waals surface area contributed by atoms with Crippen molar-refractivity contribution in [2.24, 2.45) is 0 Å². The molecule has 1 aliphatic carbocycles. The van der Waals surface area contributed by atoms with E-state index in [4.69, 9.17) is 14.2 Å². The number of benzene rings is 2. The molecule has 0 saturated carbocycles. The Kier molecular flexibility index (Phi) is 2.91. The van der Waals surface area contributed by atoms with Gasteiger partial charge in [0.25, 0.3) is 0 Å². The Bertz CT molecular complexity index is 830. The van der Waals surface area contributed by atoms with Gasteiger partial charge in [0.05, 0.1) is 7.11 Å². The van der Waals surface area contributed by atoms with Crippen LogP contribution in [0.2, 0.25) is 0 Å². The second-order valence-electron chi connectivity index (χ2n) is 6.68. The molecule has 2 fully saturated rings. The van der Waals surface area contributed by atoms with Crippen LogP contribution in [0.25, 0.3) is 0 Å². The van der Waals surface area contributed by atoms with Crippen molar-refractivity contribution in [1.82, 2.24) is 0 Å². The van der Waals surface area contributed by atoms with Crippen LogP contribution < -0.4 is 4.74 Å². The number of carbonyl (C=O) groups excluding carboxylic acids is 1. The van der Waals surface area contributed by atoms with E-state index in [2.05, 4.69) is 0 Å². The molecule has 4 nitrogen and oxygen atoms in total. The van der Waals surface area contributed by atoms with Crippen molar-refractivity contribution in [3.63, 3.8) is 0 Å². The fraction of sp³-hybridized carbons (Fsp3) is 0.350. The summed E-state index contributed by atoms with van der Waals surface area (Å²) in [7, 11) is 1.66. The molecule has 0 aromatic heterocycles. The summed E-state index contributed by atoms with van der Waals surface area (Å²) in [6, 6.07) is 15.7. The Labute approximate surface area is 140 Å². The van der Waals surface area contributed by atoms with E-state index >= 15 is 0 Å². The van der Waals surface area contributed by atoms with E-state index in [9.17, 15) is 4.79 Å². The number of hydrogen-bond donors (Lipinski definition) is 0. The van der Waals surface area contributed by atoms with Gasteiger partial charge in [0.1, 0.15) is 24.1 Å². The maximum absolute atomic E-state index is 12.9. The monoisotopic (exact) mass is 322 g/mol. The van der Waals surface area contributed by atoms with Gasteiger partial charge in [0, 0.05) is 11.1 Å². The molecular weight excluding hydrogens is 304 g/mol. The summed E-state index contributed by atoms with van der Waals surface area (Å²) < 4.78 is 17.2. The molecule has 5 rings (SSSR count). The first-order chi connectivity index (χ1) is 11.7. The van der Waals surface area contributed by atoms with E-state index in [1.54, 1.807) is 7.11 Å². The molecule has 2 aromatic rings. The van der Waals surface area contributed by atoms with Gasteiger partial charge in [-0.15, -0.1) is 0 Å². The first kappa shape index (κ1) is 14.2. The molecule has 4 atom stereocenters. The number of epoxide rings is 2. The molecule has 24 heavy (non-hydrogen) atoms. The molecular formula is C20H18O4. The number of aryl methyl sites for hydroxylation is 1. The Balaban J connectivity index is 1.38. The van der Waals surface area contributed by atoms with Gasteiger partial charge >= 0.3 is 0 Å². The SMILES string of the molecule is COc1ccccc1[C@@H]1O[C@H]1[C@@H]1O[C@]12CCc1ccccc1C2=O. The lowest BCUT2D eigenvalue weighted by molar-refractivity contribution is 0.0850. The van der Waals surface area contributed by atoms with E-state index in [1.165, 1.54) is 0 Å². The van der Waals surface area contributed by atoms with Gasteiger partial charge in [0.15, 0.2) is 11.4 Å². The Hall–Kier alpha value is -2.17. The molecule has 4 heteroatoms. The van der Waals surface area contributed by atoms with Crippen LogP contribution in [0.15, 0.2) is 48.5 Å². The Morgan fingerprint density at radius 1 is 1.12 bits per heavy atom. The summed E-state index contributed by atoms with van der Waals surface area (Å²) in [4.78, 5) is 12.9. The predicted octanol–water partition coefficient (Wildman–Crippen LogP) is 3.10. The minimum Gasteiger partial charge on any atom is -0.496 e. The van der Waals surface area contributed by atoms with E-state index in [0.717, 1.165) is 35.3 Å². The summed E-state index contributed by atoms with van der Waals surface area (Å²) in [5, 5.41) is 0. The highest BCUT2D eigenvalue weighted by Crippen LogP contribution is 2.57. The van der Waals surface area contributed by atoms with Crippen LogP contribution in [-0.4, -0.2) is 30.7 Å². The molecule has 2 heterocycles. The normalized spacial score (nSPS) is 33.2. The summed E-state index contributed by atoms with van der Waals surface area (Å²) >= 11 is 0. The van der Waals surface area contributed by atoms with Crippen molar-refractivity contribution in [2.75, 3.05) is 7.11 Å². The molecule has 0 unspecified atom stereocenters. The summed E-state index contributed by atoms with van der Waals surface area (Å²) in [5.74, 6) is 0.934. The zero-order chi connectivity index (χ0) is 16.3. The fourth-order valence-electron chi connectivity index (χ4n) is 4.04. The van der Waals surface area contributed by atoms with Crippen molar-refractivity contribution in [2.45, 2.75) is 36.8 Å².